The quantitative estimate of drug-likeness (QED) is 0.683. The zero-order valence-corrected chi connectivity index (χ0v) is 13.0. The average molecular weight is 332 g/mol. The number of nitrogens with zero attached hydrogens (tertiary/aromatic N) is 1. The van der Waals surface area contributed by atoms with Crippen molar-refractivity contribution in [1.29, 1.82) is 0 Å². The van der Waals surface area contributed by atoms with Crippen molar-refractivity contribution >= 4 is 23.2 Å². The number of aryl methyl sites for hydroxylation is 1. The first-order chi connectivity index (χ1) is 11.1. The number of carbonyl (C=O) groups excluding carboxylic acids is 1. The van der Waals surface area contributed by atoms with E-state index in [2.05, 4.69) is 15.5 Å². The molecule has 0 aliphatic rings. The molecule has 2 heterocycles. The molecule has 3 rings (SSSR count). The highest BCUT2D eigenvalue weighted by molar-refractivity contribution is 6.34. The number of aliphatic hydroxyl groups excluding tert-OH is 1. The van der Waals surface area contributed by atoms with Gasteiger partial charge in [0, 0.05) is 6.07 Å². The maximum Gasteiger partial charge on any atom is 0.276 e. The number of benzene rings is 1. The molecule has 0 spiro atoms. The molecule has 6 nitrogen and oxygen atoms in total. The molecule has 3 aromatic rings. The van der Waals surface area contributed by atoms with Gasteiger partial charge in [0.05, 0.1) is 17.3 Å². The van der Waals surface area contributed by atoms with Crippen molar-refractivity contribution in [2.75, 3.05) is 5.32 Å². The van der Waals surface area contributed by atoms with Crippen LogP contribution in [0.5, 0.6) is 0 Å². The van der Waals surface area contributed by atoms with Crippen LogP contribution in [-0.4, -0.2) is 21.2 Å². The third-order valence-electron chi connectivity index (χ3n) is 3.31. The SMILES string of the molecule is Cc1ccc(-c2cc(C(=O)Nc3cccc(CO)c3Cl)n[nH]2)o1. The summed E-state index contributed by atoms with van der Waals surface area (Å²) in [6.07, 6.45) is 0. The van der Waals surface area contributed by atoms with E-state index < -0.39 is 5.91 Å². The average Bonchev–Trinajstić information content (AvgIpc) is 3.18. The Morgan fingerprint density at radius 2 is 2.22 bits per heavy atom. The van der Waals surface area contributed by atoms with Crippen LogP contribution in [0.4, 0.5) is 5.69 Å². The Kier molecular flexibility index (Phi) is 4.18. The maximum absolute atomic E-state index is 12.3. The fraction of sp³-hybridized carbons (Fsp3) is 0.125. The highest BCUT2D eigenvalue weighted by atomic mass is 35.5. The van der Waals surface area contributed by atoms with Gasteiger partial charge in [0.1, 0.15) is 11.5 Å². The molecule has 7 heteroatoms. The molecule has 1 aromatic carbocycles. The number of H-pyrrole nitrogens is 1. The van der Waals surface area contributed by atoms with Gasteiger partial charge < -0.3 is 14.8 Å². The minimum Gasteiger partial charge on any atom is -0.460 e. The van der Waals surface area contributed by atoms with Gasteiger partial charge in [-0.2, -0.15) is 5.10 Å². The van der Waals surface area contributed by atoms with Gasteiger partial charge in [0.25, 0.3) is 5.91 Å². The zero-order chi connectivity index (χ0) is 16.4. The molecule has 0 radical (unpaired) electrons. The number of furan rings is 1. The van der Waals surface area contributed by atoms with Crippen molar-refractivity contribution in [3.63, 3.8) is 0 Å². The second kappa shape index (κ2) is 6.28. The molecule has 0 aliphatic heterocycles. The van der Waals surface area contributed by atoms with Crippen LogP contribution in [0.15, 0.2) is 40.8 Å². The Bertz CT molecular complexity index is 854. The number of aromatic amines is 1. The van der Waals surface area contributed by atoms with Gasteiger partial charge in [-0.1, -0.05) is 23.7 Å². The lowest BCUT2D eigenvalue weighted by molar-refractivity contribution is 0.102. The minimum absolute atomic E-state index is 0.201. The number of hydrogen-bond acceptors (Lipinski definition) is 4. The number of aliphatic hydroxyl groups is 1. The summed E-state index contributed by atoms with van der Waals surface area (Å²) in [7, 11) is 0. The van der Waals surface area contributed by atoms with E-state index in [-0.39, 0.29) is 12.3 Å². The number of amides is 1. The number of halogens is 1. The summed E-state index contributed by atoms with van der Waals surface area (Å²) in [6, 6.07) is 10.3. The first kappa shape index (κ1) is 15.3. The van der Waals surface area contributed by atoms with E-state index in [1.165, 1.54) is 0 Å². The number of carbonyl (C=O) groups is 1. The summed E-state index contributed by atoms with van der Waals surface area (Å²) in [6.45, 7) is 1.64. The zero-order valence-electron chi connectivity index (χ0n) is 12.3. The number of hydrogen-bond donors (Lipinski definition) is 3. The summed E-state index contributed by atoms with van der Waals surface area (Å²) < 4.78 is 5.48. The lowest BCUT2D eigenvalue weighted by atomic mass is 10.2. The van der Waals surface area contributed by atoms with E-state index >= 15 is 0 Å². The van der Waals surface area contributed by atoms with Crippen molar-refractivity contribution in [3.8, 4) is 11.5 Å². The van der Waals surface area contributed by atoms with Crippen molar-refractivity contribution in [2.45, 2.75) is 13.5 Å². The molecular weight excluding hydrogens is 318 g/mol. The molecular formula is C16H14ClN3O3. The Labute approximate surface area is 137 Å². The Balaban J connectivity index is 1.81. The smallest absolute Gasteiger partial charge is 0.276 e. The molecule has 0 fully saturated rings. The molecule has 0 saturated heterocycles. The van der Waals surface area contributed by atoms with Crippen molar-refractivity contribution in [1.82, 2.24) is 10.2 Å². The van der Waals surface area contributed by atoms with Gasteiger partial charge in [-0.25, -0.2) is 0 Å². The predicted octanol–water partition coefficient (Wildman–Crippen LogP) is 3.38. The molecule has 3 N–H and O–H groups in total. The van der Waals surface area contributed by atoms with Crippen LogP contribution in [0, 0.1) is 6.92 Å². The summed E-state index contributed by atoms with van der Waals surface area (Å²) in [5.41, 5.74) is 1.78. The van der Waals surface area contributed by atoms with Crippen molar-refractivity contribution in [2.24, 2.45) is 0 Å². The van der Waals surface area contributed by atoms with Crippen LogP contribution >= 0.6 is 11.6 Å². The highest BCUT2D eigenvalue weighted by Gasteiger charge is 2.15. The van der Waals surface area contributed by atoms with Gasteiger partial charge in [-0.05, 0) is 30.7 Å². The second-order valence-corrected chi connectivity index (χ2v) is 5.35. The van der Waals surface area contributed by atoms with Crippen LogP contribution in [-0.2, 0) is 6.61 Å². The number of nitrogens with one attached hydrogen (secondary N) is 2. The lowest BCUT2D eigenvalue weighted by Gasteiger charge is -2.08. The molecule has 23 heavy (non-hydrogen) atoms. The Morgan fingerprint density at radius 1 is 1.39 bits per heavy atom. The topological polar surface area (TPSA) is 91.1 Å². The van der Waals surface area contributed by atoms with E-state index in [0.29, 0.717) is 27.7 Å². The molecule has 0 unspecified atom stereocenters. The summed E-state index contributed by atoms with van der Waals surface area (Å²) in [5, 5.41) is 18.9. The maximum atomic E-state index is 12.3. The van der Waals surface area contributed by atoms with Crippen molar-refractivity contribution < 1.29 is 14.3 Å². The molecule has 0 saturated carbocycles. The molecule has 2 aromatic heterocycles. The van der Waals surface area contributed by atoms with E-state index in [1.54, 1.807) is 30.3 Å². The standard InChI is InChI=1S/C16H14ClN3O3/c1-9-5-6-14(23-9)12-7-13(20-19-12)16(22)18-11-4-2-3-10(8-21)15(11)17/h2-7,21H,8H2,1H3,(H,18,22)(H,19,20). The Hall–Kier alpha value is -2.57. The van der Waals surface area contributed by atoms with Crippen LogP contribution in [0.3, 0.4) is 0 Å². The van der Waals surface area contributed by atoms with Gasteiger partial charge in [-0.15, -0.1) is 0 Å². The highest BCUT2D eigenvalue weighted by Crippen LogP contribution is 2.27. The monoisotopic (exact) mass is 331 g/mol. The van der Waals surface area contributed by atoms with Crippen molar-refractivity contribution in [3.05, 3.63) is 58.4 Å². The first-order valence-corrected chi connectivity index (χ1v) is 7.28. The van der Waals surface area contributed by atoms with Gasteiger partial charge in [-0.3, -0.25) is 9.89 Å². The third kappa shape index (κ3) is 3.13. The summed E-state index contributed by atoms with van der Waals surface area (Å²) in [4.78, 5) is 12.3. The van der Waals surface area contributed by atoms with E-state index in [9.17, 15) is 9.90 Å². The summed E-state index contributed by atoms with van der Waals surface area (Å²) >= 11 is 6.13. The van der Waals surface area contributed by atoms with E-state index in [0.717, 1.165) is 5.76 Å². The largest absolute Gasteiger partial charge is 0.460 e. The van der Waals surface area contributed by atoms with E-state index in [4.69, 9.17) is 16.0 Å². The predicted molar refractivity (Wildman–Crippen MR) is 86.4 cm³/mol. The number of anilines is 1. The fourth-order valence-electron chi connectivity index (χ4n) is 2.13. The fourth-order valence-corrected chi connectivity index (χ4v) is 2.36. The molecule has 0 bridgehead atoms. The van der Waals surface area contributed by atoms with Crippen LogP contribution < -0.4 is 5.32 Å². The molecule has 118 valence electrons. The second-order valence-electron chi connectivity index (χ2n) is 4.97. The van der Waals surface area contributed by atoms with Gasteiger partial charge in [0.15, 0.2) is 11.5 Å². The number of rotatable bonds is 4. The molecule has 1 amide bonds. The van der Waals surface area contributed by atoms with Crippen LogP contribution in [0.25, 0.3) is 11.5 Å². The van der Waals surface area contributed by atoms with Crippen LogP contribution in [0.1, 0.15) is 21.8 Å². The summed E-state index contributed by atoms with van der Waals surface area (Å²) in [5.74, 6) is 0.968. The number of aromatic nitrogens is 2. The molecule has 0 atom stereocenters. The van der Waals surface area contributed by atoms with Crippen LogP contribution in [0.2, 0.25) is 5.02 Å². The minimum atomic E-state index is -0.409. The third-order valence-corrected chi connectivity index (χ3v) is 3.76. The normalized spacial score (nSPS) is 10.7. The first-order valence-electron chi connectivity index (χ1n) is 6.90. The lowest BCUT2D eigenvalue weighted by Crippen LogP contribution is -2.13. The molecule has 0 aliphatic carbocycles. The van der Waals surface area contributed by atoms with E-state index in [1.807, 2.05) is 13.0 Å². The van der Waals surface area contributed by atoms with Gasteiger partial charge >= 0.3 is 0 Å². The Morgan fingerprint density at radius 3 is 2.91 bits per heavy atom. The van der Waals surface area contributed by atoms with Gasteiger partial charge in [0.2, 0.25) is 0 Å².